The van der Waals surface area contributed by atoms with E-state index in [1.807, 2.05) is 18.2 Å². The van der Waals surface area contributed by atoms with Crippen LogP contribution in [-0.2, 0) is 4.74 Å². The Morgan fingerprint density at radius 2 is 1.04 bits per heavy atom. The van der Waals surface area contributed by atoms with Crippen LogP contribution >= 0.6 is 0 Å². The van der Waals surface area contributed by atoms with E-state index >= 15 is 0 Å². The molecule has 0 amide bonds. The molecule has 0 fully saturated rings. The third kappa shape index (κ3) is 2.77. The minimum absolute atomic E-state index is 0.588. The summed E-state index contributed by atoms with van der Waals surface area (Å²) in [5.41, 5.74) is 5.88. The van der Waals surface area contributed by atoms with E-state index in [0.29, 0.717) is 6.61 Å². The topological polar surface area (TPSA) is 9.23 Å². The summed E-state index contributed by atoms with van der Waals surface area (Å²) in [4.78, 5) is 0. The number of allylic oxidation sites excluding steroid dienone is 2. The highest BCUT2D eigenvalue weighted by molar-refractivity contribution is 6.14. The maximum Gasteiger partial charge on any atom is 0.135 e. The average Bonchev–Trinajstić information content (AvgIpc) is 2.69. The zero-order valence-electron chi connectivity index (χ0n) is 13.4. The second-order valence-corrected chi connectivity index (χ2v) is 5.73. The molecule has 0 N–H and O–H groups in total. The van der Waals surface area contributed by atoms with Gasteiger partial charge in [0.05, 0.1) is 0 Å². The highest BCUT2D eigenvalue weighted by Gasteiger charge is 2.21. The van der Waals surface area contributed by atoms with Gasteiger partial charge in [-0.15, -0.1) is 0 Å². The van der Waals surface area contributed by atoms with Gasteiger partial charge >= 0.3 is 0 Å². The smallest absolute Gasteiger partial charge is 0.135 e. The van der Waals surface area contributed by atoms with E-state index in [0.717, 1.165) is 16.9 Å². The molecule has 0 aromatic heterocycles. The van der Waals surface area contributed by atoms with Crippen molar-refractivity contribution in [3.8, 4) is 0 Å². The van der Waals surface area contributed by atoms with Crippen LogP contribution in [0.5, 0.6) is 0 Å². The lowest BCUT2D eigenvalue weighted by Gasteiger charge is -2.23. The van der Waals surface area contributed by atoms with Gasteiger partial charge in [-0.05, 0) is 22.8 Å². The molecule has 3 aromatic rings. The van der Waals surface area contributed by atoms with Crippen LogP contribution in [0.2, 0.25) is 0 Å². The average molecular weight is 310 g/mol. The molecule has 1 heterocycles. The van der Waals surface area contributed by atoms with E-state index in [9.17, 15) is 0 Å². The molecule has 0 unspecified atom stereocenters. The number of rotatable bonds is 3. The molecule has 1 aliphatic heterocycles. The fourth-order valence-electron chi connectivity index (χ4n) is 3.09. The van der Waals surface area contributed by atoms with Crippen molar-refractivity contribution in [1.82, 2.24) is 0 Å². The summed E-state index contributed by atoms with van der Waals surface area (Å²) >= 11 is 0. The van der Waals surface area contributed by atoms with Crippen LogP contribution in [0.25, 0.3) is 16.9 Å². The van der Waals surface area contributed by atoms with Gasteiger partial charge in [0.2, 0.25) is 0 Å². The Morgan fingerprint density at radius 1 is 0.542 bits per heavy atom. The zero-order chi connectivity index (χ0) is 16.2. The van der Waals surface area contributed by atoms with Crippen molar-refractivity contribution in [3.05, 3.63) is 114 Å². The molecule has 0 bridgehead atoms. The first-order valence-electron chi connectivity index (χ1n) is 8.17. The molecule has 3 aromatic carbocycles. The molecule has 0 saturated heterocycles. The van der Waals surface area contributed by atoms with E-state index in [2.05, 4.69) is 78.9 Å². The summed E-state index contributed by atoms with van der Waals surface area (Å²) < 4.78 is 6.09. The Bertz CT molecular complexity index is 875. The lowest BCUT2D eigenvalue weighted by atomic mass is 9.88. The van der Waals surface area contributed by atoms with Crippen LogP contribution in [0.15, 0.2) is 97.1 Å². The number of ether oxygens (including phenoxy) is 1. The normalized spacial score (nSPS) is 14.1. The molecular formula is C23H18O. The molecule has 0 aliphatic carbocycles. The molecular weight excluding hydrogens is 292 g/mol. The summed E-state index contributed by atoms with van der Waals surface area (Å²) in [5.74, 6) is 0.947. The quantitative estimate of drug-likeness (QED) is 0.605. The van der Waals surface area contributed by atoms with E-state index in [-0.39, 0.29) is 0 Å². The Labute approximate surface area is 142 Å². The van der Waals surface area contributed by atoms with Gasteiger partial charge in [0.1, 0.15) is 12.4 Å². The van der Waals surface area contributed by atoms with E-state index in [4.69, 9.17) is 4.74 Å². The van der Waals surface area contributed by atoms with Crippen molar-refractivity contribution in [1.29, 1.82) is 0 Å². The van der Waals surface area contributed by atoms with Crippen molar-refractivity contribution in [2.45, 2.75) is 0 Å². The largest absolute Gasteiger partial charge is 0.488 e. The molecule has 24 heavy (non-hydrogen) atoms. The maximum absolute atomic E-state index is 6.09. The van der Waals surface area contributed by atoms with Gasteiger partial charge in [-0.1, -0.05) is 91.0 Å². The van der Waals surface area contributed by atoms with Crippen LogP contribution in [-0.4, -0.2) is 6.61 Å². The molecule has 0 atom stereocenters. The van der Waals surface area contributed by atoms with Crippen LogP contribution in [0.1, 0.15) is 16.7 Å². The van der Waals surface area contributed by atoms with Gasteiger partial charge in [-0.3, -0.25) is 0 Å². The molecule has 0 saturated carbocycles. The Morgan fingerprint density at radius 3 is 1.62 bits per heavy atom. The number of hydrogen-bond donors (Lipinski definition) is 0. The van der Waals surface area contributed by atoms with Crippen LogP contribution in [0.3, 0.4) is 0 Å². The Hall–Kier alpha value is -3.06. The number of hydrogen-bond acceptors (Lipinski definition) is 1. The van der Waals surface area contributed by atoms with Crippen molar-refractivity contribution in [2.75, 3.05) is 6.61 Å². The lowest BCUT2D eigenvalue weighted by molar-refractivity contribution is 0.319. The second-order valence-electron chi connectivity index (χ2n) is 5.73. The Kier molecular flexibility index (Phi) is 3.99. The molecule has 0 spiro atoms. The summed E-state index contributed by atoms with van der Waals surface area (Å²) in [5, 5.41) is 0. The minimum Gasteiger partial charge on any atom is -0.488 e. The summed E-state index contributed by atoms with van der Waals surface area (Å²) in [6, 6.07) is 31.3. The van der Waals surface area contributed by atoms with Crippen molar-refractivity contribution < 1.29 is 4.74 Å². The summed E-state index contributed by atoms with van der Waals surface area (Å²) in [6.07, 6.45) is 2.17. The molecule has 1 aliphatic rings. The van der Waals surface area contributed by atoms with Crippen LogP contribution in [0.4, 0.5) is 0 Å². The second kappa shape index (κ2) is 6.59. The third-order valence-corrected chi connectivity index (χ3v) is 4.19. The van der Waals surface area contributed by atoms with Crippen LogP contribution < -0.4 is 0 Å². The van der Waals surface area contributed by atoms with Crippen molar-refractivity contribution in [2.24, 2.45) is 0 Å². The highest BCUT2D eigenvalue weighted by atomic mass is 16.5. The Balaban J connectivity index is 1.95. The minimum atomic E-state index is 0.588. The van der Waals surface area contributed by atoms with Crippen molar-refractivity contribution >= 4 is 16.9 Å². The fourth-order valence-corrected chi connectivity index (χ4v) is 3.09. The summed E-state index contributed by atoms with van der Waals surface area (Å²) in [7, 11) is 0. The molecule has 4 rings (SSSR count). The predicted molar refractivity (Wildman–Crippen MR) is 100 cm³/mol. The number of benzene rings is 3. The maximum atomic E-state index is 6.09. The fraction of sp³-hybridized carbons (Fsp3) is 0.0435. The third-order valence-electron chi connectivity index (χ3n) is 4.19. The van der Waals surface area contributed by atoms with E-state index < -0.39 is 0 Å². The van der Waals surface area contributed by atoms with Crippen LogP contribution in [0, 0.1) is 0 Å². The standard InChI is InChI=1S/C23H18O/c1-4-10-18(11-5-1)21-16-17-24-23(20-14-8-3-9-15-20)22(21)19-12-6-2-7-13-19/h1-16H,17H2. The molecule has 0 radical (unpaired) electrons. The highest BCUT2D eigenvalue weighted by Crippen LogP contribution is 2.40. The predicted octanol–water partition coefficient (Wildman–Crippen LogP) is 5.67. The monoisotopic (exact) mass is 310 g/mol. The van der Waals surface area contributed by atoms with E-state index in [1.165, 1.54) is 16.7 Å². The first-order valence-corrected chi connectivity index (χ1v) is 8.17. The van der Waals surface area contributed by atoms with Gasteiger partial charge in [0.15, 0.2) is 0 Å². The SMILES string of the molecule is C1=C(c2ccccc2)C(c2ccccc2)=C(c2ccccc2)OC1. The lowest BCUT2D eigenvalue weighted by Crippen LogP contribution is -2.06. The first-order chi connectivity index (χ1) is 11.9. The molecule has 1 heteroatoms. The van der Waals surface area contributed by atoms with Gasteiger partial charge < -0.3 is 4.74 Å². The molecule has 1 nitrogen and oxygen atoms in total. The van der Waals surface area contributed by atoms with Crippen molar-refractivity contribution in [3.63, 3.8) is 0 Å². The van der Waals surface area contributed by atoms with E-state index in [1.54, 1.807) is 0 Å². The van der Waals surface area contributed by atoms with Gasteiger partial charge in [0.25, 0.3) is 0 Å². The van der Waals surface area contributed by atoms with Gasteiger partial charge in [-0.2, -0.15) is 0 Å². The zero-order valence-corrected chi connectivity index (χ0v) is 13.4. The van der Waals surface area contributed by atoms with Gasteiger partial charge in [0, 0.05) is 11.1 Å². The van der Waals surface area contributed by atoms with Gasteiger partial charge in [-0.25, -0.2) is 0 Å². The molecule has 116 valence electrons. The first kappa shape index (κ1) is 14.5. The summed E-state index contributed by atoms with van der Waals surface area (Å²) in [6.45, 7) is 0.588.